The van der Waals surface area contributed by atoms with E-state index < -0.39 is 11.7 Å². The summed E-state index contributed by atoms with van der Waals surface area (Å²) in [6.07, 6.45) is -0.0465. The van der Waals surface area contributed by atoms with Crippen LogP contribution < -0.4 is 10.9 Å². The number of carbonyl (C=O) groups is 3. The minimum atomic E-state index is -0.552. The van der Waals surface area contributed by atoms with Gasteiger partial charge in [-0.3, -0.25) is 20.4 Å². The molecule has 0 radical (unpaired) electrons. The number of hydrogen-bond acceptors (Lipinski definition) is 4. The van der Waals surface area contributed by atoms with E-state index in [0.29, 0.717) is 13.0 Å². The molecule has 1 aliphatic rings. The van der Waals surface area contributed by atoms with Gasteiger partial charge in [0.15, 0.2) is 0 Å². The van der Waals surface area contributed by atoms with Crippen LogP contribution in [-0.2, 0) is 14.3 Å². The molecule has 1 fully saturated rings. The Bertz CT molecular complexity index is 351. The van der Waals surface area contributed by atoms with Crippen LogP contribution in [0.5, 0.6) is 0 Å². The van der Waals surface area contributed by atoms with Crippen LogP contribution in [0.15, 0.2) is 0 Å². The second-order valence-electron chi connectivity index (χ2n) is 5.23. The van der Waals surface area contributed by atoms with Crippen molar-refractivity contribution in [3.05, 3.63) is 0 Å². The van der Waals surface area contributed by atoms with E-state index in [4.69, 9.17) is 4.74 Å². The molecule has 1 heterocycles. The van der Waals surface area contributed by atoms with Gasteiger partial charge >= 0.3 is 6.09 Å². The topological polar surface area (TPSA) is 87.7 Å². The molecule has 1 saturated heterocycles. The van der Waals surface area contributed by atoms with Crippen molar-refractivity contribution in [3.8, 4) is 0 Å². The van der Waals surface area contributed by atoms with Gasteiger partial charge < -0.3 is 9.64 Å². The van der Waals surface area contributed by atoms with Crippen LogP contribution >= 0.6 is 0 Å². The van der Waals surface area contributed by atoms with Crippen molar-refractivity contribution in [2.75, 3.05) is 6.54 Å². The lowest BCUT2D eigenvalue weighted by Crippen LogP contribution is -2.63. The maximum absolute atomic E-state index is 11.7. The molecule has 0 spiro atoms. The predicted molar refractivity (Wildman–Crippen MR) is 63.2 cm³/mol. The maximum atomic E-state index is 11.7. The minimum Gasteiger partial charge on any atom is -0.444 e. The first-order valence-electron chi connectivity index (χ1n) is 5.75. The lowest BCUT2D eigenvalue weighted by atomic mass is 9.90. The largest absolute Gasteiger partial charge is 0.444 e. The van der Waals surface area contributed by atoms with E-state index in [1.807, 2.05) is 0 Å². The van der Waals surface area contributed by atoms with E-state index in [0.717, 1.165) is 0 Å². The second kappa shape index (κ2) is 5.24. The van der Waals surface area contributed by atoms with Gasteiger partial charge in [0.25, 0.3) is 0 Å². The summed E-state index contributed by atoms with van der Waals surface area (Å²) in [6, 6.07) is -0.242. The standard InChI is InChI=1S/C11H19N3O4/c1-7-8(9(16)13-12-6-15)5-14(7)10(17)18-11(2,3)4/h6-8H,5H2,1-4H3,(H,12,15)(H,13,16). The van der Waals surface area contributed by atoms with E-state index in [9.17, 15) is 14.4 Å². The van der Waals surface area contributed by atoms with Gasteiger partial charge in [0.05, 0.1) is 5.92 Å². The molecule has 0 aromatic carbocycles. The summed E-state index contributed by atoms with van der Waals surface area (Å²) in [5, 5.41) is 0. The fourth-order valence-corrected chi connectivity index (χ4v) is 1.67. The third kappa shape index (κ3) is 3.35. The Morgan fingerprint density at radius 3 is 2.44 bits per heavy atom. The molecule has 3 amide bonds. The second-order valence-corrected chi connectivity index (χ2v) is 5.23. The van der Waals surface area contributed by atoms with Gasteiger partial charge in [-0.25, -0.2) is 4.79 Å². The van der Waals surface area contributed by atoms with Crippen molar-refractivity contribution in [3.63, 3.8) is 0 Å². The average molecular weight is 257 g/mol. The van der Waals surface area contributed by atoms with Crippen molar-refractivity contribution < 1.29 is 19.1 Å². The Morgan fingerprint density at radius 2 is 2.00 bits per heavy atom. The highest BCUT2D eigenvalue weighted by Gasteiger charge is 2.44. The summed E-state index contributed by atoms with van der Waals surface area (Å²) in [5.41, 5.74) is 3.77. The number of hydrazine groups is 1. The van der Waals surface area contributed by atoms with Gasteiger partial charge in [-0.2, -0.15) is 0 Å². The zero-order valence-electron chi connectivity index (χ0n) is 11.0. The third-order valence-electron chi connectivity index (χ3n) is 2.69. The van der Waals surface area contributed by atoms with Crippen LogP contribution in [-0.4, -0.2) is 41.5 Å². The van der Waals surface area contributed by atoms with Gasteiger partial charge in [0, 0.05) is 12.6 Å². The quantitative estimate of drug-likeness (QED) is 0.551. The first-order valence-corrected chi connectivity index (χ1v) is 5.75. The molecule has 2 unspecified atom stereocenters. The maximum Gasteiger partial charge on any atom is 0.410 e. The van der Waals surface area contributed by atoms with Crippen molar-refractivity contribution >= 4 is 18.4 Å². The fraction of sp³-hybridized carbons (Fsp3) is 0.727. The summed E-state index contributed by atoms with van der Waals surface area (Å²) < 4.78 is 5.20. The molecule has 0 aromatic heterocycles. The van der Waals surface area contributed by atoms with Crippen molar-refractivity contribution in [1.82, 2.24) is 15.8 Å². The average Bonchev–Trinajstić information content (AvgIpc) is 2.21. The molecule has 18 heavy (non-hydrogen) atoms. The summed E-state index contributed by atoms with van der Waals surface area (Å²) in [5.74, 6) is -0.639. The summed E-state index contributed by atoms with van der Waals surface area (Å²) in [7, 11) is 0. The van der Waals surface area contributed by atoms with E-state index in [2.05, 4.69) is 10.9 Å². The predicted octanol–water partition coefficient (Wildman–Crippen LogP) is 0.0190. The van der Waals surface area contributed by atoms with E-state index in [1.54, 1.807) is 27.7 Å². The first-order chi connectivity index (χ1) is 8.26. The highest BCUT2D eigenvalue weighted by Crippen LogP contribution is 2.26. The number of hydrogen-bond donors (Lipinski definition) is 2. The molecule has 0 aromatic rings. The Hall–Kier alpha value is -1.79. The molecule has 0 aliphatic carbocycles. The van der Waals surface area contributed by atoms with E-state index >= 15 is 0 Å². The molecule has 102 valence electrons. The van der Waals surface area contributed by atoms with Crippen LogP contribution in [0.2, 0.25) is 0 Å². The molecule has 0 bridgehead atoms. The number of rotatable bonds is 3. The van der Waals surface area contributed by atoms with Crippen molar-refractivity contribution in [1.29, 1.82) is 0 Å². The molecule has 7 nitrogen and oxygen atoms in total. The summed E-state index contributed by atoms with van der Waals surface area (Å²) in [4.78, 5) is 34.8. The van der Waals surface area contributed by atoms with E-state index in [-0.39, 0.29) is 17.9 Å². The number of likely N-dealkylation sites (tertiary alicyclic amines) is 1. The zero-order chi connectivity index (χ0) is 13.9. The molecular formula is C11H19N3O4. The molecule has 1 aliphatic heterocycles. The van der Waals surface area contributed by atoms with Gasteiger partial charge in [-0.15, -0.1) is 0 Å². The Morgan fingerprint density at radius 1 is 1.39 bits per heavy atom. The van der Waals surface area contributed by atoms with Gasteiger partial charge in [-0.1, -0.05) is 0 Å². The Kier molecular flexibility index (Phi) is 4.15. The minimum absolute atomic E-state index is 0.242. The number of nitrogens with one attached hydrogen (secondary N) is 2. The highest BCUT2D eigenvalue weighted by atomic mass is 16.6. The van der Waals surface area contributed by atoms with Crippen molar-refractivity contribution in [2.45, 2.75) is 39.3 Å². The summed E-state index contributed by atoms with van der Waals surface area (Å²) >= 11 is 0. The highest BCUT2D eigenvalue weighted by molar-refractivity contribution is 5.83. The lowest BCUT2D eigenvalue weighted by molar-refractivity contribution is -0.135. The third-order valence-corrected chi connectivity index (χ3v) is 2.69. The number of carbonyl (C=O) groups excluding carboxylic acids is 3. The van der Waals surface area contributed by atoms with Gasteiger partial charge in [-0.05, 0) is 27.7 Å². The monoisotopic (exact) mass is 257 g/mol. The molecular weight excluding hydrogens is 238 g/mol. The lowest BCUT2D eigenvalue weighted by Gasteiger charge is -2.45. The van der Waals surface area contributed by atoms with Crippen molar-refractivity contribution in [2.24, 2.45) is 5.92 Å². The number of nitrogens with zero attached hydrogens (tertiary/aromatic N) is 1. The van der Waals surface area contributed by atoms with Gasteiger partial charge in [0.1, 0.15) is 5.60 Å². The normalized spacial score (nSPS) is 22.8. The molecule has 2 N–H and O–H groups in total. The smallest absolute Gasteiger partial charge is 0.410 e. The van der Waals surface area contributed by atoms with Crippen LogP contribution in [0.3, 0.4) is 0 Å². The van der Waals surface area contributed by atoms with E-state index in [1.165, 1.54) is 4.90 Å². The first kappa shape index (κ1) is 14.3. The van der Waals surface area contributed by atoms with Crippen LogP contribution in [0, 0.1) is 5.92 Å². The summed E-state index contributed by atoms with van der Waals surface area (Å²) in [6.45, 7) is 7.41. The molecule has 7 heteroatoms. The zero-order valence-corrected chi connectivity index (χ0v) is 11.0. The van der Waals surface area contributed by atoms with Crippen LogP contribution in [0.25, 0.3) is 0 Å². The number of amides is 3. The van der Waals surface area contributed by atoms with Crippen LogP contribution in [0.1, 0.15) is 27.7 Å². The van der Waals surface area contributed by atoms with Gasteiger partial charge in [0.2, 0.25) is 12.3 Å². The Balaban J connectivity index is 2.45. The Labute approximate surface area is 106 Å². The SMILES string of the molecule is CC1C(C(=O)NNC=O)CN1C(=O)OC(C)(C)C. The number of ether oxygens (including phenoxy) is 1. The molecule has 1 rings (SSSR count). The van der Waals surface area contributed by atoms with Crippen LogP contribution in [0.4, 0.5) is 4.79 Å². The molecule has 2 atom stereocenters. The molecule has 0 saturated carbocycles. The fourth-order valence-electron chi connectivity index (χ4n) is 1.67.